The van der Waals surface area contributed by atoms with Gasteiger partial charge in [-0.3, -0.25) is 14.9 Å². The van der Waals surface area contributed by atoms with Crippen LogP contribution in [0.4, 0.5) is 24.5 Å². The summed E-state index contributed by atoms with van der Waals surface area (Å²) in [6, 6.07) is 7.63. The van der Waals surface area contributed by atoms with Gasteiger partial charge >= 0.3 is 17.8 Å². The second-order valence-electron chi connectivity index (χ2n) is 5.87. The molecule has 31 heavy (non-hydrogen) atoms. The van der Waals surface area contributed by atoms with E-state index in [1.165, 1.54) is 6.07 Å². The van der Waals surface area contributed by atoms with E-state index in [-0.39, 0.29) is 27.0 Å². The van der Waals surface area contributed by atoms with E-state index in [4.69, 9.17) is 23.2 Å². The molecule has 0 aliphatic heterocycles. The average Bonchev–Trinajstić information content (AvgIpc) is 2.69. The van der Waals surface area contributed by atoms with E-state index in [0.717, 1.165) is 36.4 Å². The largest absolute Gasteiger partial charge is 0.466 e. The summed E-state index contributed by atoms with van der Waals surface area (Å²) in [6.45, 7) is 0. The molecule has 0 aliphatic carbocycles. The molecule has 0 fully saturated rings. The number of nitro groups is 1. The van der Waals surface area contributed by atoms with Crippen LogP contribution in [0.15, 0.2) is 42.5 Å². The summed E-state index contributed by atoms with van der Waals surface area (Å²) in [4.78, 5) is 34.6. The van der Waals surface area contributed by atoms with Crippen molar-refractivity contribution in [2.24, 2.45) is 0 Å². The molecule has 0 radical (unpaired) electrons. The first-order valence-corrected chi connectivity index (χ1v) is 8.87. The Labute approximate surface area is 182 Å². The molecule has 0 unspecified atom stereocenters. The van der Waals surface area contributed by atoms with Gasteiger partial charge in [-0.1, -0.05) is 23.2 Å². The molecule has 0 saturated heterocycles. The van der Waals surface area contributed by atoms with E-state index >= 15 is 0 Å². The highest BCUT2D eigenvalue weighted by Gasteiger charge is 2.63. The molecule has 1 atom stereocenters. The fourth-order valence-electron chi connectivity index (χ4n) is 2.29. The number of alkyl halides is 3. The maximum Gasteiger partial charge on any atom is 0.438 e. The number of hydrazine groups is 1. The number of hydrogen-bond donors (Lipinski definition) is 3. The molecule has 9 nitrogen and oxygen atoms in total. The Kier molecular flexibility index (Phi) is 7.31. The van der Waals surface area contributed by atoms with Crippen molar-refractivity contribution >= 4 is 46.5 Å². The normalized spacial score (nSPS) is 13.1. The van der Waals surface area contributed by atoms with Gasteiger partial charge in [-0.05, 0) is 30.3 Å². The molecule has 0 saturated carbocycles. The third-order valence-electron chi connectivity index (χ3n) is 3.87. The molecule has 0 aromatic heterocycles. The van der Waals surface area contributed by atoms with Gasteiger partial charge in [-0.2, -0.15) is 18.6 Å². The Morgan fingerprint density at radius 3 is 2.19 bits per heavy atom. The van der Waals surface area contributed by atoms with E-state index in [9.17, 15) is 32.9 Å². The van der Waals surface area contributed by atoms with Gasteiger partial charge in [0.05, 0.1) is 22.6 Å². The van der Waals surface area contributed by atoms with E-state index in [1.807, 2.05) is 0 Å². The number of halogens is 5. The van der Waals surface area contributed by atoms with Crippen LogP contribution in [0.3, 0.4) is 0 Å². The van der Waals surface area contributed by atoms with Crippen molar-refractivity contribution in [3.63, 3.8) is 0 Å². The molecule has 2 aromatic rings. The number of methoxy groups -OCH3 is 1. The van der Waals surface area contributed by atoms with Crippen LogP contribution in [0, 0.1) is 10.1 Å². The minimum absolute atomic E-state index is 0.0816. The first kappa shape index (κ1) is 24.2. The van der Waals surface area contributed by atoms with Crippen LogP contribution in [0.2, 0.25) is 10.0 Å². The Balaban J connectivity index is 2.39. The van der Waals surface area contributed by atoms with Crippen LogP contribution in [0.1, 0.15) is 10.4 Å². The number of ether oxygens (including phenoxy) is 1. The molecule has 0 heterocycles. The summed E-state index contributed by atoms with van der Waals surface area (Å²) in [5.74, 6) is -3.25. The molecule has 0 spiro atoms. The van der Waals surface area contributed by atoms with Gasteiger partial charge in [0, 0.05) is 22.8 Å². The lowest BCUT2D eigenvalue weighted by atomic mass is 10.1. The first-order chi connectivity index (χ1) is 14.4. The third kappa shape index (κ3) is 5.34. The maximum atomic E-state index is 14.0. The summed E-state index contributed by atoms with van der Waals surface area (Å²) in [5, 5.41) is 12.1. The minimum atomic E-state index is -5.40. The summed E-state index contributed by atoms with van der Waals surface area (Å²) in [6.07, 6.45) is -5.40. The number of hydrogen-bond acceptors (Lipinski definition) is 7. The van der Waals surface area contributed by atoms with E-state index < -0.39 is 28.6 Å². The zero-order valence-corrected chi connectivity index (χ0v) is 16.9. The highest BCUT2D eigenvalue weighted by Crippen LogP contribution is 2.31. The highest BCUT2D eigenvalue weighted by molar-refractivity contribution is 6.36. The zero-order chi connectivity index (χ0) is 23.4. The summed E-state index contributed by atoms with van der Waals surface area (Å²) < 4.78 is 46.1. The van der Waals surface area contributed by atoms with Crippen molar-refractivity contribution in [3.8, 4) is 0 Å². The second-order valence-corrected chi connectivity index (χ2v) is 6.72. The number of carbonyl (C=O) groups excluding carboxylic acids is 2. The number of anilines is 1. The Morgan fingerprint density at radius 1 is 1.10 bits per heavy atom. The number of rotatable bonds is 7. The van der Waals surface area contributed by atoms with Crippen LogP contribution in [0.25, 0.3) is 0 Å². The number of carbonyl (C=O) groups is 2. The first-order valence-electron chi connectivity index (χ1n) is 8.11. The average molecular weight is 481 g/mol. The van der Waals surface area contributed by atoms with Gasteiger partial charge in [0.1, 0.15) is 0 Å². The molecular weight excluding hydrogens is 468 g/mol. The summed E-state index contributed by atoms with van der Waals surface area (Å²) in [7, 11) is 0.692. The van der Waals surface area contributed by atoms with Crippen LogP contribution < -0.4 is 16.2 Å². The van der Waals surface area contributed by atoms with Crippen molar-refractivity contribution < 1.29 is 32.4 Å². The maximum absolute atomic E-state index is 14.0. The van der Waals surface area contributed by atoms with E-state index in [2.05, 4.69) is 10.2 Å². The van der Waals surface area contributed by atoms with Crippen molar-refractivity contribution in [3.05, 3.63) is 68.2 Å². The standard InChI is InChI=1S/C17H13Cl2F3N4O5/c1-31-15(28)16(17(20,21)22,23-14(27)12-7-2-9(18)8-13(12)19)25-24-10-3-5-11(6-4-10)26(29)30/h2-8,24-25H,1H3,(H,23,27)/t16-/m1/s1. The van der Waals surface area contributed by atoms with Crippen molar-refractivity contribution in [1.82, 2.24) is 10.7 Å². The molecule has 2 rings (SSSR count). The van der Waals surface area contributed by atoms with Crippen molar-refractivity contribution in [2.45, 2.75) is 11.8 Å². The van der Waals surface area contributed by atoms with Gasteiger partial charge in [0.15, 0.2) is 0 Å². The number of nitro benzene ring substituents is 1. The fourth-order valence-corrected chi connectivity index (χ4v) is 2.78. The minimum Gasteiger partial charge on any atom is -0.466 e. The topological polar surface area (TPSA) is 123 Å². The third-order valence-corrected chi connectivity index (χ3v) is 4.41. The number of nitrogens with zero attached hydrogens (tertiary/aromatic N) is 1. The Hall–Kier alpha value is -3.09. The quantitative estimate of drug-likeness (QED) is 0.239. The number of esters is 1. The Bertz CT molecular complexity index is 1000. The van der Waals surface area contributed by atoms with Crippen molar-refractivity contribution in [2.75, 3.05) is 12.5 Å². The summed E-state index contributed by atoms with van der Waals surface area (Å²) in [5.41, 5.74) is -0.738. The van der Waals surface area contributed by atoms with Crippen LogP contribution in [0.5, 0.6) is 0 Å². The van der Waals surface area contributed by atoms with Gasteiger partial charge in [-0.15, -0.1) is 0 Å². The predicted molar refractivity (Wildman–Crippen MR) is 105 cm³/mol. The second kappa shape index (κ2) is 9.37. The van der Waals surface area contributed by atoms with Gasteiger partial charge < -0.3 is 15.5 Å². The van der Waals surface area contributed by atoms with Crippen LogP contribution >= 0.6 is 23.2 Å². The lowest BCUT2D eigenvalue weighted by molar-refractivity contribution is -0.384. The fraction of sp³-hybridized carbons (Fsp3) is 0.176. The predicted octanol–water partition coefficient (Wildman–Crippen LogP) is 3.68. The van der Waals surface area contributed by atoms with Gasteiger partial charge in [-0.25, -0.2) is 4.79 Å². The van der Waals surface area contributed by atoms with Crippen LogP contribution in [-0.4, -0.2) is 35.7 Å². The molecule has 0 bridgehead atoms. The number of non-ortho nitro benzene ring substituents is 1. The zero-order valence-electron chi connectivity index (χ0n) is 15.4. The smallest absolute Gasteiger partial charge is 0.438 e. The molecule has 1 amide bonds. The van der Waals surface area contributed by atoms with E-state index in [0.29, 0.717) is 7.11 Å². The van der Waals surface area contributed by atoms with Gasteiger partial charge in [0.25, 0.3) is 11.6 Å². The molecule has 3 N–H and O–H groups in total. The van der Waals surface area contributed by atoms with Gasteiger partial charge in [0.2, 0.25) is 0 Å². The highest BCUT2D eigenvalue weighted by atomic mass is 35.5. The number of nitrogens with one attached hydrogen (secondary N) is 3. The molecular formula is C17H13Cl2F3N4O5. The van der Waals surface area contributed by atoms with Crippen LogP contribution in [-0.2, 0) is 9.53 Å². The molecule has 166 valence electrons. The molecule has 2 aromatic carbocycles. The number of benzene rings is 2. The number of amides is 1. The SMILES string of the molecule is COC(=O)[C@](NNc1ccc([N+](=O)[O-])cc1)(NC(=O)c1ccc(Cl)cc1Cl)C(F)(F)F. The summed E-state index contributed by atoms with van der Waals surface area (Å²) >= 11 is 11.6. The van der Waals surface area contributed by atoms with Crippen molar-refractivity contribution in [1.29, 1.82) is 0 Å². The van der Waals surface area contributed by atoms with E-state index in [1.54, 1.807) is 10.7 Å². The lowest BCUT2D eigenvalue weighted by Gasteiger charge is -2.34. The monoisotopic (exact) mass is 480 g/mol. The lowest BCUT2D eigenvalue weighted by Crippen LogP contribution is -2.73. The molecule has 14 heteroatoms. The Morgan fingerprint density at radius 2 is 1.71 bits per heavy atom. The molecule has 0 aliphatic rings.